The summed E-state index contributed by atoms with van der Waals surface area (Å²) in [6.45, 7) is -0.567. The number of carboxylic acid groups (broad SMARTS) is 2. The van der Waals surface area contributed by atoms with Gasteiger partial charge < -0.3 is 35.7 Å². The zero-order valence-electron chi connectivity index (χ0n) is 14.6. The number of carbonyl (C=O) groups excluding carboxylic acids is 2. The van der Waals surface area contributed by atoms with Gasteiger partial charge in [0.15, 0.2) is 0 Å². The van der Waals surface area contributed by atoms with Gasteiger partial charge in [0.2, 0.25) is 11.8 Å². The van der Waals surface area contributed by atoms with Crippen molar-refractivity contribution >= 4 is 56.6 Å². The third-order valence-corrected chi connectivity index (χ3v) is 2.61. The van der Waals surface area contributed by atoms with Gasteiger partial charge >= 0.3 is 71.1 Å². The van der Waals surface area contributed by atoms with Crippen LogP contribution in [0, 0.1) is 0 Å². The molecule has 6 N–H and O–H groups in total. The maximum atomic E-state index is 11.5. The van der Waals surface area contributed by atoms with Gasteiger partial charge in [0, 0.05) is 12.2 Å². The van der Waals surface area contributed by atoms with E-state index in [1.54, 1.807) is 0 Å². The van der Waals surface area contributed by atoms with E-state index in [2.05, 4.69) is 34.5 Å². The van der Waals surface area contributed by atoms with Crippen LogP contribution in [-0.2, 0) is 39.4 Å². The van der Waals surface area contributed by atoms with Crippen LogP contribution >= 0.6 is 12.6 Å². The van der Waals surface area contributed by atoms with Crippen LogP contribution in [0.15, 0.2) is 0 Å². The van der Waals surface area contributed by atoms with Gasteiger partial charge in [-0.2, -0.15) is 12.6 Å². The van der Waals surface area contributed by atoms with Gasteiger partial charge in [-0.1, -0.05) is 0 Å². The number of hydrogen-bond acceptors (Lipinski definition) is 10. The Morgan fingerprint density at radius 2 is 1.63 bits per heavy atom. The topological polar surface area (TPSA) is 222 Å². The van der Waals surface area contributed by atoms with Crippen molar-refractivity contribution in [3.63, 3.8) is 0 Å². The molecule has 12 nitrogen and oxygen atoms in total. The fraction of sp³-hybridized carbons (Fsp3) is 0.600. The Morgan fingerprint density at radius 1 is 1.19 bits per heavy atom. The first-order valence-corrected chi connectivity index (χ1v) is 9.29. The molecule has 0 aliphatic carbocycles. The van der Waals surface area contributed by atoms with Crippen molar-refractivity contribution in [1.82, 2.24) is 10.6 Å². The van der Waals surface area contributed by atoms with E-state index in [1.807, 2.05) is 0 Å². The third-order valence-electron chi connectivity index (χ3n) is 2.25. The minimum atomic E-state index is -4.33. The van der Waals surface area contributed by atoms with E-state index >= 15 is 0 Å². The van der Waals surface area contributed by atoms with Crippen molar-refractivity contribution in [3.8, 4) is 0 Å². The van der Waals surface area contributed by atoms with Gasteiger partial charge in [-0.3, -0.25) is 23.4 Å². The number of carboxylic acids is 2. The molecule has 0 spiro atoms. The minimum Gasteiger partial charge on any atom is -0.780 e. The number of carbonyl (C=O) groups is 4. The van der Waals surface area contributed by atoms with Gasteiger partial charge in [-0.25, -0.2) is 0 Å². The summed E-state index contributed by atoms with van der Waals surface area (Å²) >= 11 is 7.12. The fourth-order valence-corrected chi connectivity index (χ4v) is 1.41. The van der Waals surface area contributed by atoms with E-state index in [9.17, 15) is 19.2 Å². The van der Waals surface area contributed by atoms with E-state index in [0.29, 0.717) is 0 Å². The summed E-state index contributed by atoms with van der Waals surface area (Å²) in [6, 6.07) is -2.15. The fourth-order valence-electron chi connectivity index (χ4n) is 1.16. The van der Waals surface area contributed by atoms with Crippen molar-refractivity contribution in [2.24, 2.45) is 5.73 Å². The molecule has 0 bridgehead atoms. The summed E-state index contributed by atoms with van der Waals surface area (Å²) in [5, 5.41) is 21.4. The molecular weight excluding hydrogens is 448 g/mol. The molecular formula is C10H17N3Na2O9S3. The predicted octanol–water partition coefficient (Wildman–Crippen LogP) is -9.20. The number of nitrogens with two attached hydrogens (primary N) is 1. The molecule has 0 aromatic rings. The molecule has 27 heavy (non-hydrogen) atoms. The summed E-state index contributed by atoms with van der Waals surface area (Å²) in [4.78, 5) is 43.7. The molecule has 0 fully saturated rings. The Bertz CT molecular complexity index is 584. The molecule has 2 atom stereocenters. The second-order valence-electron chi connectivity index (χ2n) is 4.31. The van der Waals surface area contributed by atoms with Crippen LogP contribution in [0.1, 0.15) is 12.8 Å². The molecule has 2 amide bonds. The number of nitrogens with one attached hydrogen (secondary N) is 2. The molecule has 0 rings (SSSR count). The standard InChI is InChI=1S/C10H17N3O6S.2Na.H2O3S2/c11-5(10(18)19)1-2-7(14)13-6(4-20)9(17)12-3-8(15)16;;;1-5(2,3)4/h5-6,20H,1-4,11H2,(H,12,17)(H,13,14)(H,15,16)(H,18,19);;;(H2,1,2,3,4)/q;2*+1;/p-2. The molecule has 0 radical (unpaired) electrons. The van der Waals surface area contributed by atoms with E-state index in [4.69, 9.17) is 29.3 Å². The Morgan fingerprint density at radius 3 is 1.96 bits per heavy atom. The first kappa shape index (κ1) is 35.0. The van der Waals surface area contributed by atoms with Crippen molar-refractivity contribution < 1.29 is 102 Å². The zero-order valence-corrected chi connectivity index (χ0v) is 21.1. The van der Waals surface area contributed by atoms with E-state index in [0.717, 1.165) is 0 Å². The van der Waals surface area contributed by atoms with E-state index < -0.39 is 51.4 Å². The van der Waals surface area contributed by atoms with Gasteiger partial charge in [0.1, 0.15) is 18.6 Å². The Labute approximate surface area is 210 Å². The number of aliphatic carboxylic acids is 2. The van der Waals surface area contributed by atoms with Gasteiger partial charge in [-0.05, 0) is 17.6 Å². The molecule has 2 unspecified atom stereocenters. The van der Waals surface area contributed by atoms with Crippen molar-refractivity contribution in [2.75, 3.05) is 12.3 Å². The van der Waals surface area contributed by atoms with E-state index in [1.165, 1.54) is 0 Å². The van der Waals surface area contributed by atoms with Crippen LogP contribution in [0.2, 0.25) is 0 Å². The van der Waals surface area contributed by atoms with Crippen LogP contribution in [0.5, 0.6) is 0 Å². The monoisotopic (exact) mass is 465 g/mol. The molecule has 0 aromatic carbocycles. The Balaban J connectivity index is -0.000000333. The molecule has 0 aromatic heterocycles. The zero-order chi connectivity index (χ0) is 20.2. The molecule has 0 saturated heterocycles. The van der Waals surface area contributed by atoms with E-state index in [-0.39, 0.29) is 77.7 Å². The number of thiol groups is 1. The summed E-state index contributed by atoms with van der Waals surface area (Å²) in [5.74, 6) is -3.70. The van der Waals surface area contributed by atoms with Crippen LogP contribution in [0.3, 0.4) is 0 Å². The smallest absolute Gasteiger partial charge is 0.780 e. The molecule has 17 heteroatoms. The molecule has 0 aliphatic heterocycles. The average molecular weight is 465 g/mol. The van der Waals surface area contributed by atoms with Crippen LogP contribution in [0.4, 0.5) is 0 Å². The second kappa shape index (κ2) is 18.5. The Kier molecular flexibility index (Phi) is 24.0. The third kappa shape index (κ3) is 26.5. The molecule has 0 heterocycles. The normalized spacial score (nSPS) is 11.9. The minimum absolute atomic E-state index is 0. The first-order valence-electron chi connectivity index (χ1n) is 6.32. The van der Waals surface area contributed by atoms with Crippen molar-refractivity contribution in [1.29, 1.82) is 0 Å². The SMILES string of the molecule is NC(CCC(=O)NC(CS)C(=O)NCC(=O)O)C(=O)O.O=S([O-])([O-])=S.[Na+].[Na+]. The summed E-state index contributed by atoms with van der Waals surface area (Å²) in [5.41, 5.74) is 5.23. The largest absolute Gasteiger partial charge is 1.00 e. The second-order valence-corrected chi connectivity index (χ2v) is 6.71. The van der Waals surface area contributed by atoms with Crippen molar-refractivity contribution in [3.05, 3.63) is 0 Å². The van der Waals surface area contributed by atoms with Crippen LogP contribution in [0.25, 0.3) is 0 Å². The quantitative estimate of drug-likeness (QED) is 0.138. The summed E-state index contributed by atoms with van der Waals surface area (Å²) in [7, 11) is -4.33. The number of hydrogen-bond donors (Lipinski definition) is 6. The Hall–Kier alpha value is 0.480. The predicted molar refractivity (Wildman–Crippen MR) is 88.3 cm³/mol. The van der Waals surface area contributed by atoms with Crippen LogP contribution in [-0.4, -0.2) is 71.7 Å². The first-order chi connectivity index (χ1) is 11.3. The average Bonchev–Trinajstić information content (AvgIpc) is 2.45. The summed E-state index contributed by atoms with van der Waals surface area (Å²) in [6.07, 6.45) is -0.235. The van der Waals surface area contributed by atoms with Gasteiger partial charge in [-0.15, -0.1) is 9.05 Å². The molecule has 0 aliphatic rings. The maximum Gasteiger partial charge on any atom is 1.00 e. The number of amides is 2. The van der Waals surface area contributed by atoms with Gasteiger partial charge in [0.05, 0.1) is 0 Å². The summed E-state index contributed by atoms with van der Waals surface area (Å²) < 4.78 is 26.7. The molecule has 0 saturated carbocycles. The van der Waals surface area contributed by atoms with Crippen molar-refractivity contribution in [2.45, 2.75) is 24.9 Å². The number of rotatable bonds is 9. The maximum absolute atomic E-state index is 11.5. The van der Waals surface area contributed by atoms with Gasteiger partial charge in [0.25, 0.3) is 0 Å². The molecule has 146 valence electrons. The van der Waals surface area contributed by atoms with Crippen LogP contribution < -0.4 is 75.5 Å².